The molecule has 0 aliphatic carbocycles. The predicted octanol–water partition coefficient (Wildman–Crippen LogP) is 5.89. The van der Waals surface area contributed by atoms with E-state index >= 15 is 0 Å². The highest BCUT2D eigenvalue weighted by Gasteiger charge is 2.27. The van der Waals surface area contributed by atoms with E-state index in [2.05, 4.69) is 63.2 Å². The van der Waals surface area contributed by atoms with Crippen LogP contribution in [0.2, 0.25) is 0 Å². The Morgan fingerprint density at radius 2 is 1.07 bits per heavy atom. The van der Waals surface area contributed by atoms with Gasteiger partial charge in [-0.1, -0.05) is 101 Å². The van der Waals surface area contributed by atoms with Gasteiger partial charge in [0.05, 0.1) is 19.6 Å². The van der Waals surface area contributed by atoms with Crippen molar-refractivity contribution in [1.29, 1.82) is 0 Å². The zero-order chi connectivity index (χ0) is 20.8. The number of hydrogen-bond donors (Lipinski definition) is 0. The molecule has 0 amide bonds. The Hall–Kier alpha value is -1.05. The molecule has 2 aromatic rings. The SMILES string of the molecule is CCCCCCCCCCCCCC[N+](CC)(CC)c1cccc2ccccc12.[Cl-]. The van der Waals surface area contributed by atoms with E-state index in [0.29, 0.717) is 0 Å². The van der Waals surface area contributed by atoms with Crippen LogP contribution in [0.25, 0.3) is 10.8 Å². The molecule has 0 saturated carbocycles. The van der Waals surface area contributed by atoms with Crippen LogP contribution in [0.4, 0.5) is 5.69 Å². The molecule has 0 saturated heterocycles. The first-order valence-electron chi connectivity index (χ1n) is 12.6. The Morgan fingerprint density at radius 1 is 0.567 bits per heavy atom. The van der Waals surface area contributed by atoms with Crippen molar-refractivity contribution >= 4 is 16.5 Å². The monoisotopic (exact) mass is 431 g/mol. The zero-order valence-corrected chi connectivity index (χ0v) is 20.7. The van der Waals surface area contributed by atoms with Gasteiger partial charge in [0.2, 0.25) is 0 Å². The number of hydrogen-bond acceptors (Lipinski definition) is 0. The van der Waals surface area contributed by atoms with Crippen LogP contribution in [0, 0.1) is 0 Å². The van der Waals surface area contributed by atoms with Crippen molar-refractivity contribution in [3.8, 4) is 0 Å². The number of benzene rings is 2. The van der Waals surface area contributed by atoms with Gasteiger partial charge in [0.1, 0.15) is 5.69 Å². The highest BCUT2D eigenvalue weighted by Crippen LogP contribution is 2.32. The maximum atomic E-state index is 2.37. The van der Waals surface area contributed by atoms with Crippen LogP contribution in [0.3, 0.4) is 0 Å². The standard InChI is InChI=1S/C28H46N.ClH/c1-4-7-8-9-10-11-12-13-14-15-16-19-25-29(5-2,6-3)28-24-20-22-26-21-17-18-23-27(26)28;/h17-18,20-24H,4-16,19,25H2,1-3H3;1H/q+1;/p-1. The molecule has 0 aliphatic heterocycles. The molecule has 0 aliphatic rings. The molecule has 0 aromatic heterocycles. The van der Waals surface area contributed by atoms with E-state index < -0.39 is 0 Å². The Morgan fingerprint density at radius 3 is 1.63 bits per heavy atom. The quantitative estimate of drug-likeness (QED) is 0.229. The lowest BCUT2D eigenvalue weighted by atomic mass is 10.0. The number of quaternary nitrogens is 1. The average molecular weight is 432 g/mol. The third-order valence-corrected chi connectivity index (χ3v) is 6.93. The first kappa shape index (κ1) is 27.0. The summed E-state index contributed by atoms with van der Waals surface area (Å²) in [5.41, 5.74) is 1.52. The van der Waals surface area contributed by atoms with Gasteiger partial charge < -0.3 is 12.4 Å². The third-order valence-electron chi connectivity index (χ3n) is 6.93. The first-order chi connectivity index (χ1) is 14.3. The topological polar surface area (TPSA) is 0 Å². The summed E-state index contributed by atoms with van der Waals surface area (Å²) in [4.78, 5) is 0. The van der Waals surface area contributed by atoms with Gasteiger partial charge in [-0.2, -0.15) is 0 Å². The summed E-state index contributed by atoms with van der Waals surface area (Å²) in [6, 6.07) is 15.8. The van der Waals surface area contributed by atoms with E-state index in [1.54, 1.807) is 0 Å². The van der Waals surface area contributed by atoms with Gasteiger partial charge in [-0.05, 0) is 44.2 Å². The van der Waals surface area contributed by atoms with E-state index in [-0.39, 0.29) is 12.4 Å². The van der Waals surface area contributed by atoms with Crippen molar-refractivity contribution in [3.05, 3.63) is 42.5 Å². The Kier molecular flexibility index (Phi) is 14.1. The van der Waals surface area contributed by atoms with Crippen LogP contribution >= 0.6 is 0 Å². The summed E-state index contributed by atoms with van der Waals surface area (Å²) >= 11 is 0. The number of nitrogens with zero attached hydrogens (tertiary/aromatic N) is 1. The summed E-state index contributed by atoms with van der Waals surface area (Å²) in [6.07, 6.45) is 17.1. The number of rotatable bonds is 16. The highest BCUT2D eigenvalue weighted by molar-refractivity contribution is 5.93. The molecule has 0 fully saturated rings. The number of fused-ring (bicyclic) bond motifs is 1. The largest absolute Gasteiger partial charge is 1.00 e. The molecule has 0 radical (unpaired) electrons. The van der Waals surface area contributed by atoms with Crippen molar-refractivity contribution in [2.24, 2.45) is 0 Å². The average Bonchev–Trinajstić information content (AvgIpc) is 2.77. The summed E-state index contributed by atoms with van der Waals surface area (Å²) in [7, 11) is 0. The molecule has 0 bridgehead atoms. The Balaban J connectivity index is 0.00000450. The predicted molar refractivity (Wildman–Crippen MR) is 133 cm³/mol. The lowest BCUT2D eigenvalue weighted by molar-refractivity contribution is -0.00000619. The van der Waals surface area contributed by atoms with Gasteiger partial charge >= 0.3 is 0 Å². The maximum Gasteiger partial charge on any atom is 0.140 e. The molecular weight excluding hydrogens is 386 g/mol. The van der Waals surface area contributed by atoms with Crippen molar-refractivity contribution < 1.29 is 12.4 Å². The summed E-state index contributed by atoms with van der Waals surface area (Å²) in [5.74, 6) is 0. The molecule has 0 spiro atoms. The molecule has 1 nitrogen and oxygen atoms in total. The normalized spacial score (nSPS) is 11.6. The van der Waals surface area contributed by atoms with Gasteiger partial charge in [-0.15, -0.1) is 0 Å². The minimum atomic E-state index is 0. The fourth-order valence-corrected chi connectivity index (χ4v) is 4.88. The summed E-state index contributed by atoms with van der Waals surface area (Å²) in [5, 5.41) is 2.82. The molecule has 0 N–H and O–H groups in total. The van der Waals surface area contributed by atoms with Crippen LogP contribution in [-0.2, 0) is 0 Å². The van der Waals surface area contributed by atoms with Gasteiger partial charge in [0, 0.05) is 5.39 Å². The molecule has 2 heteroatoms. The van der Waals surface area contributed by atoms with E-state index in [1.807, 2.05) is 0 Å². The fraction of sp³-hybridized carbons (Fsp3) is 0.643. The second-order valence-corrected chi connectivity index (χ2v) is 8.89. The van der Waals surface area contributed by atoms with Gasteiger partial charge in [-0.3, -0.25) is 4.48 Å². The van der Waals surface area contributed by atoms with E-state index in [0.717, 1.165) is 4.48 Å². The first-order valence-corrected chi connectivity index (χ1v) is 12.6. The smallest absolute Gasteiger partial charge is 0.140 e. The van der Waals surface area contributed by atoms with Crippen molar-refractivity contribution in [2.75, 3.05) is 19.6 Å². The highest BCUT2D eigenvalue weighted by atomic mass is 35.5. The molecule has 0 heterocycles. The molecular formula is C28H46ClN. The summed E-state index contributed by atoms with van der Waals surface area (Å²) < 4.78 is 1.12. The molecule has 0 atom stereocenters. The van der Waals surface area contributed by atoms with Gasteiger partial charge in [-0.25, -0.2) is 0 Å². The van der Waals surface area contributed by atoms with E-state index in [1.165, 1.54) is 113 Å². The number of unbranched alkanes of at least 4 members (excludes halogenated alkanes) is 11. The minimum Gasteiger partial charge on any atom is -1.00 e. The number of halogens is 1. The zero-order valence-electron chi connectivity index (χ0n) is 20.0. The molecule has 2 rings (SSSR count). The van der Waals surface area contributed by atoms with Crippen molar-refractivity contribution in [1.82, 2.24) is 4.48 Å². The van der Waals surface area contributed by atoms with Crippen LogP contribution < -0.4 is 16.9 Å². The minimum absolute atomic E-state index is 0. The van der Waals surface area contributed by atoms with Crippen LogP contribution in [0.5, 0.6) is 0 Å². The lowest BCUT2D eigenvalue weighted by Gasteiger charge is -2.37. The molecule has 30 heavy (non-hydrogen) atoms. The van der Waals surface area contributed by atoms with Crippen LogP contribution in [0.1, 0.15) is 97.8 Å². The maximum absolute atomic E-state index is 2.37. The van der Waals surface area contributed by atoms with Crippen LogP contribution in [-0.4, -0.2) is 19.6 Å². The Labute approximate surface area is 193 Å². The van der Waals surface area contributed by atoms with E-state index in [9.17, 15) is 0 Å². The second-order valence-electron chi connectivity index (χ2n) is 8.89. The molecule has 2 aromatic carbocycles. The lowest BCUT2D eigenvalue weighted by Crippen LogP contribution is -3.00. The molecule has 0 unspecified atom stereocenters. The Bertz CT molecular complexity index is 672. The van der Waals surface area contributed by atoms with Crippen LogP contribution in [0.15, 0.2) is 42.5 Å². The van der Waals surface area contributed by atoms with Gasteiger partial charge in [0.15, 0.2) is 0 Å². The van der Waals surface area contributed by atoms with Crippen molar-refractivity contribution in [3.63, 3.8) is 0 Å². The van der Waals surface area contributed by atoms with Crippen molar-refractivity contribution in [2.45, 2.75) is 97.8 Å². The second kappa shape index (κ2) is 15.7. The third kappa shape index (κ3) is 8.23. The molecule has 170 valence electrons. The van der Waals surface area contributed by atoms with E-state index in [4.69, 9.17) is 0 Å². The summed E-state index contributed by atoms with van der Waals surface area (Å²) in [6.45, 7) is 10.7. The fourth-order valence-electron chi connectivity index (χ4n) is 4.88. The van der Waals surface area contributed by atoms with Gasteiger partial charge in [0.25, 0.3) is 0 Å².